The summed E-state index contributed by atoms with van der Waals surface area (Å²) >= 11 is 3.08. The van der Waals surface area contributed by atoms with Gasteiger partial charge in [0.25, 0.3) is 0 Å². The lowest BCUT2D eigenvalue weighted by atomic mass is 9.99. The highest BCUT2D eigenvalue weighted by Crippen LogP contribution is 2.25. The van der Waals surface area contributed by atoms with Gasteiger partial charge in [0, 0.05) is 18.8 Å². The smallest absolute Gasteiger partial charge is 0.321 e. The zero-order chi connectivity index (χ0) is 15.6. The molecule has 0 radical (unpaired) electrons. The lowest BCUT2D eigenvalue weighted by Crippen LogP contribution is -2.44. The van der Waals surface area contributed by atoms with Gasteiger partial charge in [0.05, 0.1) is 10.4 Å². The van der Waals surface area contributed by atoms with E-state index >= 15 is 0 Å². The number of halogens is 2. The van der Waals surface area contributed by atoms with Gasteiger partial charge in [0.2, 0.25) is 0 Å². The Morgan fingerprint density at radius 2 is 2.19 bits per heavy atom. The summed E-state index contributed by atoms with van der Waals surface area (Å²) in [5.74, 6) is -1.89. The average Bonchev–Trinajstić information content (AvgIpc) is 2.44. The summed E-state index contributed by atoms with van der Waals surface area (Å²) in [4.78, 5) is 24.6. The van der Waals surface area contributed by atoms with Crippen LogP contribution < -0.4 is 5.32 Å². The number of rotatable bonds is 2. The molecule has 1 heterocycles. The number of likely N-dealkylation sites (tertiary alicyclic amines) is 1. The van der Waals surface area contributed by atoms with Gasteiger partial charge < -0.3 is 15.3 Å². The topological polar surface area (TPSA) is 69.6 Å². The largest absolute Gasteiger partial charge is 0.481 e. The van der Waals surface area contributed by atoms with Crippen LogP contribution in [0.2, 0.25) is 0 Å². The van der Waals surface area contributed by atoms with Crippen LogP contribution in [0.15, 0.2) is 16.6 Å². The van der Waals surface area contributed by atoms with Crippen molar-refractivity contribution in [1.29, 1.82) is 0 Å². The zero-order valence-electron chi connectivity index (χ0n) is 11.5. The van der Waals surface area contributed by atoms with E-state index in [9.17, 15) is 14.0 Å². The Bertz CT molecular complexity index is 580. The quantitative estimate of drug-likeness (QED) is 0.852. The molecule has 0 saturated carbocycles. The number of hydrogen-bond acceptors (Lipinski definition) is 2. The molecule has 1 atom stereocenters. The van der Waals surface area contributed by atoms with E-state index in [0.29, 0.717) is 29.5 Å². The molecule has 0 spiro atoms. The van der Waals surface area contributed by atoms with Crippen molar-refractivity contribution in [2.75, 3.05) is 18.4 Å². The summed E-state index contributed by atoms with van der Waals surface area (Å²) < 4.78 is 13.9. The Labute approximate surface area is 130 Å². The molecule has 1 aliphatic heterocycles. The minimum Gasteiger partial charge on any atom is -0.481 e. The van der Waals surface area contributed by atoms with E-state index in [1.807, 2.05) is 0 Å². The van der Waals surface area contributed by atoms with Gasteiger partial charge in [-0.1, -0.05) is 0 Å². The van der Waals surface area contributed by atoms with Crippen LogP contribution in [-0.2, 0) is 4.79 Å². The number of amides is 2. The highest BCUT2D eigenvalue weighted by atomic mass is 79.9. The second-order valence-corrected chi connectivity index (χ2v) is 5.99. The number of anilines is 1. The molecule has 0 unspecified atom stereocenters. The number of carboxylic acid groups (broad SMARTS) is 1. The summed E-state index contributed by atoms with van der Waals surface area (Å²) in [7, 11) is 0. The molecule has 2 rings (SSSR count). The Balaban J connectivity index is 2.07. The number of urea groups is 1. The molecule has 1 aromatic rings. The van der Waals surface area contributed by atoms with Gasteiger partial charge in [-0.15, -0.1) is 0 Å². The number of benzene rings is 1. The van der Waals surface area contributed by atoms with Gasteiger partial charge in [-0.2, -0.15) is 0 Å². The number of carbonyl (C=O) groups is 2. The molecule has 1 aromatic carbocycles. The first-order valence-corrected chi connectivity index (χ1v) is 7.42. The molecule has 1 fully saturated rings. The monoisotopic (exact) mass is 358 g/mol. The highest BCUT2D eigenvalue weighted by Gasteiger charge is 2.28. The first-order chi connectivity index (χ1) is 9.88. The van der Waals surface area contributed by atoms with E-state index in [4.69, 9.17) is 5.11 Å². The van der Waals surface area contributed by atoms with E-state index in [-0.39, 0.29) is 6.54 Å². The van der Waals surface area contributed by atoms with Crippen molar-refractivity contribution in [3.63, 3.8) is 0 Å². The van der Waals surface area contributed by atoms with E-state index in [2.05, 4.69) is 21.2 Å². The Morgan fingerprint density at radius 1 is 1.48 bits per heavy atom. The van der Waals surface area contributed by atoms with Crippen molar-refractivity contribution >= 4 is 33.6 Å². The number of carbonyl (C=O) groups excluding carboxylic acids is 1. The van der Waals surface area contributed by atoms with Gasteiger partial charge >= 0.3 is 12.0 Å². The maximum absolute atomic E-state index is 13.5. The third-order valence-electron chi connectivity index (χ3n) is 3.57. The average molecular weight is 359 g/mol. The molecule has 1 aliphatic rings. The molecular formula is C14H16BrFN2O3. The van der Waals surface area contributed by atoms with E-state index < -0.39 is 23.7 Å². The number of aliphatic carboxylic acids is 1. The summed E-state index contributed by atoms with van der Waals surface area (Å²) in [6, 6.07) is 2.43. The molecule has 114 valence electrons. The van der Waals surface area contributed by atoms with E-state index in [1.165, 1.54) is 11.0 Å². The van der Waals surface area contributed by atoms with Crippen LogP contribution in [0.1, 0.15) is 18.4 Å². The molecule has 0 bridgehead atoms. The molecular weight excluding hydrogens is 343 g/mol. The van der Waals surface area contributed by atoms with Crippen LogP contribution >= 0.6 is 15.9 Å². The van der Waals surface area contributed by atoms with Crippen molar-refractivity contribution < 1.29 is 19.1 Å². The van der Waals surface area contributed by atoms with Crippen molar-refractivity contribution in [2.24, 2.45) is 5.92 Å². The van der Waals surface area contributed by atoms with E-state index in [0.717, 1.165) is 5.56 Å². The Morgan fingerprint density at radius 3 is 2.86 bits per heavy atom. The standard InChI is InChI=1S/C14H16BrFN2O3/c1-8-5-10(15)11(16)6-12(8)17-14(21)18-4-2-3-9(7-18)13(19)20/h5-6,9H,2-4,7H2,1H3,(H,17,21)(H,19,20)/t9-/m1/s1. The molecule has 0 aliphatic carbocycles. The molecule has 2 amide bonds. The minimum atomic E-state index is -0.890. The third-order valence-corrected chi connectivity index (χ3v) is 4.17. The van der Waals surface area contributed by atoms with Crippen molar-refractivity contribution in [3.05, 3.63) is 28.0 Å². The van der Waals surface area contributed by atoms with Crippen LogP contribution in [0.4, 0.5) is 14.9 Å². The third kappa shape index (κ3) is 3.72. The molecule has 0 aromatic heterocycles. The number of carboxylic acids is 1. The second kappa shape index (κ2) is 6.43. The molecule has 21 heavy (non-hydrogen) atoms. The molecule has 5 nitrogen and oxygen atoms in total. The fraction of sp³-hybridized carbons (Fsp3) is 0.429. The van der Waals surface area contributed by atoms with Gasteiger partial charge in [-0.3, -0.25) is 4.79 Å². The van der Waals surface area contributed by atoms with Crippen LogP contribution in [0.25, 0.3) is 0 Å². The highest BCUT2D eigenvalue weighted by molar-refractivity contribution is 9.10. The summed E-state index contributed by atoms with van der Waals surface area (Å²) in [6.07, 6.45) is 1.23. The van der Waals surface area contributed by atoms with E-state index in [1.54, 1.807) is 13.0 Å². The lowest BCUT2D eigenvalue weighted by Gasteiger charge is -2.30. The number of nitrogens with one attached hydrogen (secondary N) is 1. The van der Waals surface area contributed by atoms with Crippen LogP contribution in [0.5, 0.6) is 0 Å². The first kappa shape index (κ1) is 15.8. The normalized spacial score (nSPS) is 18.4. The van der Waals surface area contributed by atoms with Gasteiger partial charge in [0.1, 0.15) is 5.82 Å². The number of aryl methyl sites for hydroxylation is 1. The van der Waals surface area contributed by atoms with Gasteiger partial charge in [0.15, 0.2) is 0 Å². The first-order valence-electron chi connectivity index (χ1n) is 6.63. The fourth-order valence-corrected chi connectivity index (χ4v) is 2.80. The Hall–Kier alpha value is -1.63. The summed E-state index contributed by atoms with van der Waals surface area (Å²) in [5.41, 5.74) is 1.11. The number of nitrogens with zero attached hydrogens (tertiary/aromatic N) is 1. The molecule has 2 N–H and O–H groups in total. The van der Waals surface area contributed by atoms with Crippen molar-refractivity contribution in [2.45, 2.75) is 19.8 Å². The maximum atomic E-state index is 13.5. The predicted octanol–water partition coefficient (Wildman–Crippen LogP) is 3.23. The predicted molar refractivity (Wildman–Crippen MR) is 79.8 cm³/mol. The SMILES string of the molecule is Cc1cc(Br)c(F)cc1NC(=O)N1CCC[C@@H](C(=O)O)C1. The number of hydrogen-bond donors (Lipinski definition) is 2. The summed E-state index contributed by atoms with van der Waals surface area (Å²) in [5, 5.41) is 11.7. The Kier molecular flexibility index (Phi) is 4.82. The van der Waals surface area contributed by atoms with Gasteiger partial charge in [-0.05, 0) is 53.4 Å². The zero-order valence-corrected chi connectivity index (χ0v) is 13.1. The van der Waals surface area contributed by atoms with Gasteiger partial charge in [-0.25, -0.2) is 9.18 Å². The van der Waals surface area contributed by atoms with Crippen LogP contribution in [-0.4, -0.2) is 35.1 Å². The van der Waals surface area contributed by atoms with Crippen LogP contribution in [0.3, 0.4) is 0 Å². The van der Waals surface area contributed by atoms with Crippen molar-refractivity contribution in [1.82, 2.24) is 4.90 Å². The fourth-order valence-electron chi connectivity index (χ4n) is 2.34. The maximum Gasteiger partial charge on any atom is 0.321 e. The number of piperidine rings is 1. The second-order valence-electron chi connectivity index (χ2n) is 5.13. The lowest BCUT2D eigenvalue weighted by molar-refractivity contribution is -0.143. The van der Waals surface area contributed by atoms with Crippen LogP contribution in [0, 0.1) is 18.7 Å². The van der Waals surface area contributed by atoms with Crippen molar-refractivity contribution in [3.8, 4) is 0 Å². The molecule has 7 heteroatoms. The molecule has 1 saturated heterocycles. The minimum absolute atomic E-state index is 0.180. The summed E-state index contributed by atoms with van der Waals surface area (Å²) in [6.45, 7) is 2.45.